The van der Waals surface area contributed by atoms with Crippen LogP contribution in [0.5, 0.6) is 0 Å². The number of aromatic nitrogens is 1. The lowest BCUT2D eigenvalue weighted by atomic mass is 9.82. The average molecular weight is 568 g/mol. The van der Waals surface area contributed by atoms with E-state index < -0.39 is 0 Å². The molecule has 3 atom stereocenters. The summed E-state index contributed by atoms with van der Waals surface area (Å²) in [6.45, 7) is 14.7. The number of rotatable bonds is 5. The largest absolute Gasteiger partial charge is 0.324 e. The van der Waals surface area contributed by atoms with Gasteiger partial charge >= 0.3 is 0 Å². The molecule has 3 nitrogen and oxygen atoms in total. The number of allylic oxidation sites excluding steroid dienone is 7. The van der Waals surface area contributed by atoms with Crippen LogP contribution in [0.3, 0.4) is 0 Å². The lowest BCUT2D eigenvalue weighted by molar-refractivity contribution is 0.754. The second kappa shape index (κ2) is 15.7. The van der Waals surface area contributed by atoms with E-state index in [1.807, 2.05) is 32.3 Å². The normalized spacial score (nSPS) is 19.0. The van der Waals surface area contributed by atoms with Gasteiger partial charge in [0.05, 0.1) is 5.52 Å². The van der Waals surface area contributed by atoms with Crippen LogP contribution in [-0.2, 0) is 6.42 Å². The predicted octanol–water partition coefficient (Wildman–Crippen LogP) is 10.5. The van der Waals surface area contributed by atoms with E-state index in [1.165, 1.54) is 27.8 Å². The first kappa shape index (κ1) is 32.2. The molecule has 4 bridgehead atoms. The van der Waals surface area contributed by atoms with Crippen molar-refractivity contribution in [2.75, 3.05) is 0 Å². The average Bonchev–Trinajstić information content (AvgIpc) is 2.97. The lowest BCUT2D eigenvalue weighted by Crippen LogP contribution is -2.11. The Kier molecular flexibility index (Phi) is 12.3. The van der Waals surface area contributed by atoms with Crippen LogP contribution in [0.15, 0.2) is 89.6 Å². The molecule has 1 aliphatic rings. The molecule has 41 heavy (non-hydrogen) atoms. The monoisotopic (exact) mass is 567 g/mol. The summed E-state index contributed by atoms with van der Waals surface area (Å²) in [7, 11) is 0. The molecule has 4 heteroatoms. The molecule has 0 amide bonds. The molecule has 0 radical (unpaired) electrons. The number of hydrogen-bond donors (Lipinski definition) is 1. The van der Waals surface area contributed by atoms with Gasteiger partial charge in [0.2, 0.25) is 0 Å². The Balaban J connectivity index is 0.00000226. The van der Waals surface area contributed by atoms with Crippen molar-refractivity contribution in [2.24, 2.45) is 16.6 Å². The highest BCUT2D eigenvalue weighted by Crippen LogP contribution is 2.37. The maximum absolute atomic E-state index is 6.49. The summed E-state index contributed by atoms with van der Waals surface area (Å²) in [6.07, 6.45) is 17.7. The quantitative estimate of drug-likeness (QED) is 0.246. The van der Waals surface area contributed by atoms with E-state index in [-0.39, 0.29) is 12.0 Å². The molecular formula is C37H46ClN3. The predicted molar refractivity (Wildman–Crippen MR) is 181 cm³/mol. The highest BCUT2D eigenvalue weighted by Gasteiger charge is 2.20. The highest BCUT2D eigenvalue weighted by molar-refractivity contribution is 6.30. The van der Waals surface area contributed by atoms with Gasteiger partial charge in [-0.3, -0.25) is 4.99 Å². The van der Waals surface area contributed by atoms with Crippen molar-refractivity contribution in [1.82, 2.24) is 4.98 Å². The fourth-order valence-electron chi connectivity index (χ4n) is 5.22. The third kappa shape index (κ3) is 8.15. The van der Waals surface area contributed by atoms with Crippen LogP contribution >= 0.6 is 11.6 Å². The van der Waals surface area contributed by atoms with Gasteiger partial charge in [-0.2, -0.15) is 0 Å². The van der Waals surface area contributed by atoms with Gasteiger partial charge in [-0.25, -0.2) is 4.98 Å². The Morgan fingerprint density at radius 3 is 2.54 bits per heavy atom. The van der Waals surface area contributed by atoms with Crippen molar-refractivity contribution in [2.45, 2.75) is 79.7 Å². The number of aryl methyl sites for hydroxylation is 1. The molecular weight excluding hydrogens is 522 g/mol. The number of nitrogens with zero attached hydrogens (tertiary/aromatic N) is 2. The van der Waals surface area contributed by atoms with Gasteiger partial charge in [-0.1, -0.05) is 93.9 Å². The third-order valence-electron chi connectivity index (χ3n) is 7.57. The van der Waals surface area contributed by atoms with Crippen LogP contribution in [0.1, 0.15) is 101 Å². The maximum atomic E-state index is 6.49. The molecule has 216 valence electrons. The van der Waals surface area contributed by atoms with E-state index >= 15 is 0 Å². The summed E-state index contributed by atoms with van der Waals surface area (Å²) in [5.41, 5.74) is 15.6. The molecule has 0 spiro atoms. The summed E-state index contributed by atoms with van der Waals surface area (Å²) < 4.78 is 0. The number of aliphatic imine (C=N–C) groups is 1. The summed E-state index contributed by atoms with van der Waals surface area (Å²) in [5.74, 6) is 0.483. The molecule has 1 aromatic heterocycles. The summed E-state index contributed by atoms with van der Waals surface area (Å²) in [4.78, 5) is 9.37. The van der Waals surface area contributed by atoms with E-state index in [9.17, 15) is 0 Å². The van der Waals surface area contributed by atoms with Gasteiger partial charge in [0.15, 0.2) is 0 Å². The minimum atomic E-state index is -0.0217. The number of hydrogen-bond acceptors (Lipinski definition) is 3. The topological polar surface area (TPSA) is 51.3 Å². The second-order valence-corrected chi connectivity index (χ2v) is 11.0. The van der Waals surface area contributed by atoms with Crippen LogP contribution in [0.2, 0.25) is 5.15 Å². The Bertz CT molecular complexity index is 1470. The molecule has 1 aliphatic carbocycles. The fourth-order valence-corrected chi connectivity index (χ4v) is 5.42. The van der Waals surface area contributed by atoms with Crippen molar-refractivity contribution in [3.8, 4) is 0 Å². The van der Waals surface area contributed by atoms with E-state index in [0.717, 1.165) is 41.3 Å². The van der Waals surface area contributed by atoms with Crippen molar-refractivity contribution >= 4 is 34.3 Å². The van der Waals surface area contributed by atoms with Crippen LogP contribution in [-0.4, -0.2) is 11.2 Å². The number of nitrogens with two attached hydrogens (primary N) is 1. The van der Waals surface area contributed by atoms with Gasteiger partial charge in [-0.05, 0) is 103 Å². The van der Waals surface area contributed by atoms with Crippen LogP contribution < -0.4 is 5.73 Å². The van der Waals surface area contributed by atoms with Gasteiger partial charge in [0.25, 0.3) is 0 Å². The van der Waals surface area contributed by atoms with E-state index in [0.29, 0.717) is 11.1 Å². The summed E-state index contributed by atoms with van der Waals surface area (Å²) in [6, 6.07) is 15.3. The van der Waals surface area contributed by atoms with Crippen molar-refractivity contribution in [1.29, 1.82) is 0 Å². The van der Waals surface area contributed by atoms with Crippen molar-refractivity contribution in [3.63, 3.8) is 0 Å². The van der Waals surface area contributed by atoms with Crippen molar-refractivity contribution in [3.05, 3.63) is 118 Å². The van der Waals surface area contributed by atoms with E-state index in [1.54, 1.807) is 0 Å². The first-order valence-electron chi connectivity index (χ1n) is 15.0. The zero-order valence-electron chi connectivity index (χ0n) is 25.8. The lowest BCUT2D eigenvalue weighted by Gasteiger charge is -2.23. The molecule has 4 rings (SSSR count). The zero-order chi connectivity index (χ0) is 29.9. The molecule has 3 aromatic rings. The number of benzene rings is 2. The fraction of sp³-hybridized carbons (Fsp3) is 0.351. The minimum absolute atomic E-state index is 0.0217. The summed E-state index contributed by atoms with van der Waals surface area (Å²) in [5, 5.41) is 1.58. The first-order chi connectivity index (χ1) is 19.8. The first-order valence-corrected chi connectivity index (χ1v) is 15.4. The van der Waals surface area contributed by atoms with Crippen molar-refractivity contribution < 1.29 is 0 Å². The van der Waals surface area contributed by atoms with Gasteiger partial charge in [0.1, 0.15) is 5.15 Å². The molecule has 1 heterocycles. The van der Waals surface area contributed by atoms with Crippen LogP contribution in [0.4, 0.5) is 0 Å². The molecule has 2 aromatic carbocycles. The minimum Gasteiger partial charge on any atom is -0.324 e. The van der Waals surface area contributed by atoms with Gasteiger partial charge in [0, 0.05) is 29.8 Å². The molecule has 0 saturated heterocycles. The number of pyridine rings is 1. The van der Waals surface area contributed by atoms with E-state index in [4.69, 9.17) is 22.3 Å². The SMILES string of the molecule is C/C=C1\C=C/C=CCCc2cc(ccc2C(C)N)C(/C(C)=C/N=CC(C)CC)c2ccc3nc(Cl)cc1c3c2.CC. The molecule has 0 fully saturated rings. The molecule has 0 saturated carbocycles. The molecule has 2 N–H and O–H groups in total. The standard InChI is InChI=1S/C35H40ClN3.C2H6/c1-6-23(3)21-38-22-24(4)35-28-14-16-30(25(5)37)27(18-28)13-11-9-8-10-12-26(7-2)31-20-34(36)39-33-17-15-29(35)19-32(31)33;1-2/h7-10,12,14-23,25,35H,6,11,13,37H2,1-5H3;1-2H3/b9-8?,12-10-,24-22+,26-7+,38-21?;. The Labute approximate surface area is 252 Å². The smallest absolute Gasteiger partial charge is 0.130 e. The molecule has 0 aliphatic heterocycles. The Morgan fingerprint density at radius 2 is 1.83 bits per heavy atom. The van der Waals surface area contributed by atoms with Gasteiger partial charge in [-0.15, -0.1) is 0 Å². The highest BCUT2D eigenvalue weighted by atomic mass is 35.5. The van der Waals surface area contributed by atoms with Gasteiger partial charge < -0.3 is 5.73 Å². The zero-order valence-corrected chi connectivity index (χ0v) is 26.5. The Hall–Kier alpha value is -3.27. The molecule has 3 unspecified atom stereocenters. The van der Waals surface area contributed by atoms with Crippen LogP contribution in [0, 0.1) is 5.92 Å². The summed E-state index contributed by atoms with van der Waals surface area (Å²) >= 11 is 6.49. The maximum Gasteiger partial charge on any atom is 0.130 e. The van der Waals surface area contributed by atoms with Crippen LogP contribution in [0.25, 0.3) is 16.5 Å². The number of halogens is 1. The second-order valence-electron chi connectivity index (χ2n) is 10.6. The third-order valence-corrected chi connectivity index (χ3v) is 7.76. The van der Waals surface area contributed by atoms with E-state index in [2.05, 4.69) is 106 Å². The number of fused-ring (bicyclic) bond motifs is 3. The Morgan fingerprint density at radius 1 is 1.10 bits per heavy atom.